The van der Waals surface area contributed by atoms with Crippen LogP contribution in [0, 0.1) is 6.92 Å². The standard InChI is InChI=1S/C11H9NOS2/c1-8-12-10(7-14-8)2-3-11-4-9(5-13)6-15-11/h2-7H,1H3. The lowest BCUT2D eigenvalue weighted by atomic mass is 10.3. The molecule has 4 heteroatoms. The summed E-state index contributed by atoms with van der Waals surface area (Å²) < 4.78 is 0. The normalized spacial score (nSPS) is 11.0. The molecule has 0 aliphatic carbocycles. The number of carbonyl (C=O) groups excluding carboxylic acids is 1. The van der Waals surface area contributed by atoms with Gasteiger partial charge in [-0.25, -0.2) is 4.98 Å². The summed E-state index contributed by atoms with van der Waals surface area (Å²) in [4.78, 5) is 15.9. The van der Waals surface area contributed by atoms with Crippen molar-refractivity contribution in [2.75, 3.05) is 0 Å². The molecule has 0 saturated carbocycles. The maximum Gasteiger partial charge on any atom is 0.150 e. The van der Waals surface area contributed by atoms with Crippen molar-refractivity contribution in [3.05, 3.63) is 38.0 Å². The summed E-state index contributed by atoms with van der Waals surface area (Å²) in [6.45, 7) is 1.98. The van der Waals surface area contributed by atoms with Gasteiger partial charge in [0.15, 0.2) is 6.29 Å². The predicted octanol–water partition coefficient (Wildman–Crippen LogP) is 3.50. The van der Waals surface area contributed by atoms with E-state index in [1.165, 1.54) is 0 Å². The van der Waals surface area contributed by atoms with Gasteiger partial charge in [-0.05, 0) is 25.1 Å². The molecule has 2 nitrogen and oxygen atoms in total. The highest BCUT2D eigenvalue weighted by Crippen LogP contribution is 2.17. The van der Waals surface area contributed by atoms with E-state index in [2.05, 4.69) is 4.98 Å². The van der Waals surface area contributed by atoms with Crippen molar-refractivity contribution < 1.29 is 4.79 Å². The Morgan fingerprint density at radius 1 is 1.27 bits per heavy atom. The fourth-order valence-corrected chi connectivity index (χ4v) is 2.47. The molecule has 0 N–H and O–H groups in total. The van der Waals surface area contributed by atoms with E-state index >= 15 is 0 Å². The van der Waals surface area contributed by atoms with Crippen molar-refractivity contribution in [3.63, 3.8) is 0 Å². The van der Waals surface area contributed by atoms with Crippen molar-refractivity contribution in [1.82, 2.24) is 4.98 Å². The first-order valence-corrected chi connectivity index (χ1v) is 6.18. The van der Waals surface area contributed by atoms with Gasteiger partial charge in [0, 0.05) is 21.2 Å². The number of thiophene rings is 1. The van der Waals surface area contributed by atoms with Crippen molar-refractivity contribution in [3.8, 4) is 0 Å². The Labute approximate surface area is 95.9 Å². The van der Waals surface area contributed by atoms with Crippen molar-refractivity contribution >= 4 is 41.1 Å². The number of hydrogen-bond acceptors (Lipinski definition) is 4. The van der Waals surface area contributed by atoms with E-state index in [9.17, 15) is 4.79 Å². The van der Waals surface area contributed by atoms with Crippen LogP contribution in [0.4, 0.5) is 0 Å². The van der Waals surface area contributed by atoms with E-state index in [1.807, 2.05) is 35.9 Å². The zero-order valence-corrected chi connectivity index (χ0v) is 9.77. The van der Waals surface area contributed by atoms with Crippen LogP contribution in [-0.4, -0.2) is 11.3 Å². The Kier molecular flexibility index (Phi) is 3.08. The first-order valence-electron chi connectivity index (χ1n) is 4.42. The lowest BCUT2D eigenvalue weighted by Crippen LogP contribution is -1.71. The van der Waals surface area contributed by atoms with Gasteiger partial charge >= 0.3 is 0 Å². The summed E-state index contributed by atoms with van der Waals surface area (Å²) >= 11 is 3.19. The minimum absolute atomic E-state index is 0.731. The zero-order valence-electron chi connectivity index (χ0n) is 8.14. The molecule has 0 amide bonds. The second kappa shape index (κ2) is 4.51. The van der Waals surface area contributed by atoms with Gasteiger partial charge in [-0.15, -0.1) is 22.7 Å². The molecule has 0 fully saturated rings. The minimum atomic E-state index is 0.731. The Morgan fingerprint density at radius 2 is 2.13 bits per heavy atom. The summed E-state index contributed by atoms with van der Waals surface area (Å²) in [5, 5.41) is 4.92. The topological polar surface area (TPSA) is 30.0 Å². The fraction of sp³-hybridized carbons (Fsp3) is 0.0909. The molecule has 2 rings (SSSR count). The zero-order chi connectivity index (χ0) is 10.7. The first-order chi connectivity index (χ1) is 7.28. The van der Waals surface area contributed by atoms with Gasteiger partial charge in [0.1, 0.15) is 0 Å². The fourth-order valence-electron chi connectivity index (χ4n) is 1.14. The second-order valence-corrected chi connectivity index (χ2v) is 5.03. The van der Waals surface area contributed by atoms with E-state index in [0.29, 0.717) is 0 Å². The average Bonchev–Trinajstić information content (AvgIpc) is 2.83. The molecule has 0 aliphatic rings. The highest BCUT2D eigenvalue weighted by atomic mass is 32.1. The third-order valence-electron chi connectivity index (χ3n) is 1.83. The first kappa shape index (κ1) is 10.3. The van der Waals surface area contributed by atoms with Gasteiger partial charge in [0.05, 0.1) is 10.7 Å². The molecule has 0 spiro atoms. The summed E-state index contributed by atoms with van der Waals surface area (Å²) in [6.07, 6.45) is 4.80. The third-order valence-corrected chi connectivity index (χ3v) is 3.54. The molecule has 0 atom stereocenters. The van der Waals surface area contributed by atoms with Crippen LogP contribution in [0.3, 0.4) is 0 Å². The number of rotatable bonds is 3. The summed E-state index contributed by atoms with van der Waals surface area (Å²) in [6, 6.07) is 1.87. The van der Waals surface area contributed by atoms with Crippen LogP contribution in [-0.2, 0) is 0 Å². The van der Waals surface area contributed by atoms with Crippen LogP contribution < -0.4 is 0 Å². The number of aromatic nitrogens is 1. The molecule has 15 heavy (non-hydrogen) atoms. The Balaban J connectivity index is 2.14. The molecule has 0 radical (unpaired) electrons. The van der Waals surface area contributed by atoms with Crippen LogP contribution >= 0.6 is 22.7 Å². The molecule has 0 unspecified atom stereocenters. The lowest BCUT2D eigenvalue weighted by Gasteiger charge is -1.82. The number of nitrogens with zero attached hydrogens (tertiary/aromatic N) is 1. The van der Waals surface area contributed by atoms with E-state index in [-0.39, 0.29) is 0 Å². The van der Waals surface area contributed by atoms with Gasteiger partial charge in [-0.3, -0.25) is 4.79 Å². The van der Waals surface area contributed by atoms with Crippen LogP contribution in [0.2, 0.25) is 0 Å². The van der Waals surface area contributed by atoms with E-state index in [1.54, 1.807) is 22.7 Å². The van der Waals surface area contributed by atoms with Crippen LogP contribution in [0.25, 0.3) is 12.2 Å². The van der Waals surface area contributed by atoms with Crippen LogP contribution in [0.5, 0.6) is 0 Å². The van der Waals surface area contributed by atoms with Crippen molar-refractivity contribution in [2.45, 2.75) is 6.92 Å². The molecule has 0 saturated heterocycles. The molecule has 76 valence electrons. The van der Waals surface area contributed by atoms with E-state index < -0.39 is 0 Å². The van der Waals surface area contributed by atoms with Crippen LogP contribution in [0.1, 0.15) is 25.9 Å². The van der Waals surface area contributed by atoms with Gasteiger partial charge < -0.3 is 0 Å². The second-order valence-electron chi connectivity index (χ2n) is 3.02. The Morgan fingerprint density at radius 3 is 2.73 bits per heavy atom. The number of thiazole rings is 1. The molecule has 0 aliphatic heterocycles. The van der Waals surface area contributed by atoms with Gasteiger partial charge in [0.25, 0.3) is 0 Å². The smallest absolute Gasteiger partial charge is 0.150 e. The number of hydrogen-bond donors (Lipinski definition) is 0. The van der Waals surface area contributed by atoms with Crippen molar-refractivity contribution in [2.24, 2.45) is 0 Å². The van der Waals surface area contributed by atoms with Crippen LogP contribution in [0.15, 0.2) is 16.8 Å². The average molecular weight is 235 g/mol. The molecular formula is C11H9NOS2. The summed E-state index contributed by atoms with van der Waals surface area (Å²) in [5.74, 6) is 0. The van der Waals surface area contributed by atoms with Gasteiger partial charge in [0.2, 0.25) is 0 Å². The maximum atomic E-state index is 10.5. The quantitative estimate of drug-likeness (QED) is 0.762. The molecular weight excluding hydrogens is 226 g/mol. The molecule has 0 aromatic carbocycles. The maximum absolute atomic E-state index is 10.5. The predicted molar refractivity (Wildman–Crippen MR) is 65.5 cm³/mol. The SMILES string of the molecule is Cc1nc(C=Cc2cc(C=O)cs2)cs1. The largest absolute Gasteiger partial charge is 0.298 e. The van der Waals surface area contributed by atoms with Gasteiger partial charge in [-0.1, -0.05) is 0 Å². The minimum Gasteiger partial charge on any atom is -0.298 e. The van der Waals surface area contributed by atoms with E-state index in [0.717, 1.165) is 27.4 Å². The number of carbonyl (C=O) groups is 1. The molecule has 2 aromatic rings. The highest BCUT2D eigenvalue weighted by Gasteiger charge is 1.96. The summed E-state index contributed by atoms with van der Waals surface area (Å²) in [5.41, 5.74) is 1.70. The lowest BCUT2D eigenvalue weighted by molar-refractivity contribution is 0.112. The van der Waals surface area contributed by atoms with E-state index in [4.69, 9.17) is 0 Å². The molecule has 0 bridgehead atoms. The molecule has 2 aromatic heterocycles. The Bertz CT molecular complexity index is 496. The van der Waals surface area contributed by atoms with Gasteiger partial charge in [-0.2, -0.15) is 0 Å². The number of aryl methyl sites for hydroxylation is 1. The number of aldehydes is 1. The molecule has 2 heterocycles. The monoisotopic (exact) mass is 235 g/mol. The Hall–Kier alpha value is -1.26. The summed E-state index contributed by atoms with van der Waals surface area (Å²) in [7, 11) is 0. The third kappa shape index (κ3) is 2.61. The highest BCUT2D eigenvalue weighted by molar-refractivity contribution is 7.11. The van der Waals surface area contributed by atoms with Crippen molar-refractivity contribution in [1.29, 1.82) is 0 Å².